The van der Waals surface area contributed by atoms with E-state index in [0.717, 1.165) is 12.8 Å². The van der Waals surface area contributed by atoms with Crippen LogP contribution in [0.5, 0.6) is 23.0 Å². The Morgan fingerprint density at radius 2 is 0.710 bits per heavy atom. The van der Waals surface area contributed by atoms with Gasteiger partial charge >= 0.3 is 35.8 Å². The molecular formula is C70H114N6O24. The standard InChI is InChI=1S/C14H19NO4.C12H15NO4.C11H21NO4.2C10H11NO4.C7H13NO4.6CH4/c1-10(16)15-11-5-7-12(8-6-11)18-9-13(17)19-14(2,3)4;1-3-16-12(15)8-17-11-6-4-10(5-7-11)13-9(2)14;1-3-4-8-16-11(14)9-15-7-5-6-12-10(2)13;1-7(12)11-8-2-4-9(5-3-8)15-6-10(13)14;1-7(12)11-8-3-2-4-9(5-8)15-6-10(13)14;1-6(9)8-3-2-4-12-5-7(10)11;;;;;;/h5-8H,9H2,1-4H3,(H,15,16);4-7H,3,8H2,1-2H3,(H,13,14);3-9H2,1-2H3,(H,12,13);2*2-5H,6H2,1H3,(H,11,12)(H,13,14);2-5H2,1H3,(H,8,9)(H,10,11);6*1H4. The predicted octanol–water partition coefficient (Wildman–Crippen LogP) is 10.5. The SMILES string of the molecule is C.C.C.C.C.C.CC(=O)NCCCOCC(=O)O.CC(=O)Nc1ccc(OCC(=O)O)cc1.CC(=O)Nc1ccc(OCC(=O)OC(C)(C)C)cc1.CC(=O)Nc1cccc(OCC(=O)O)c1.CCCCOC(=O)COCCCNC(C)=O.CCOC(=O)COc1ccc(NC(C)=O)cc1. The predicted molar refractivity (Wildman–Crippen MR) is 385 cm³/mol. The molecule has 0 bridgehead atoms. The molecule has 9 N–H and O–H groups in total. The zero-order valence-corrected chi connectivity index (χ0v) is 55.0. The number of aliphatic carboxylic acids is 3. The van der Waals surface area contributed by atoms with E-state index in [4.69, 9.17) is 58.0 Å². The molecule has 0 heterocycles. The second-order valence-corrected chi connectivity index (χ2v) is 19.9. The molecule has 30 heteroatoms. The number of unbranched alkanes of at least 4 members (excludes halogenated alkanes) is 1. The summed E-state index contributed by atoms with van der Waals surface area (Å²) in [5, 5.41) is 40.6. The molecular weight excluding hydrogens is 1310 g/mol. The van der Waals surface area contributed by atoms with Crippen LogP contribution in [0.3, 0.4) is 0 Å². The highest BCUT2D eigenvalue weighted by Gasteiger charge is 2.17. The first-order chi connectivity index (χ1) is 44.3. The minimum absolute atomic E-state index is 0. The lowest BCUT2D eigenvalue weighted by Gasteiger charge is -2.19. The average molecular weight is 1420 g/mol. The normalized spacial score (nSPS) is 9.19. The number of amides is 6. The van der Waals surface area contributed by atoms with E-state index in [1.54, 1.807) is 125 Å². The number of rotatable bonds is 32. The first-order valence-corrected chi connectivity index (χ1v) is 29.2. The maximum atomic E-state index is 11.4. The molecule has 4 rings (SSSR count). The van der Waals surface area contributed by atoms with E-state index in [1.807, 2.05) is 6.92 Å². The van der Waals surface area contributed by atoms with Gasteiger partial charge in [0, 0.05) is 96.7 Å². The number of hydrogen-bond donors (Lipinski definition) is 9. The van der Waals surface area contributed by atoms with E-state index >= 15 is 0 Å². The smallest absolute Gasteiger partial charge is 0.344 e. The van der Waals surface area contributed by atoms with Crippen molar-refractivity contribution < 1.29 is 115 Å². The third kappa shape index (κ3) is 70.4. The third-order valence-corrected chi connectivity index (χ3v) is 9.73. The monoisotopic (exact) mass is 1420 g/mol. The summed E-state index contributed by atoms with van der Waals surface area (Å²) >= 11 is 0. The molecule has 0 radical (unpaired) electrons. The van der Waals surface area contributed by atoms with Crippen molar-refractivity contribution in [1.82, 2.24) is 10.6 Å². The van der Waals surface area contributed by atoms with Crippen molar-refractivity contribution in [2.24, 2.45) is 0 Å². The second-order valence-electron chi connectivity index (χ2n) is 19.9. The molecule has 6 amide bonds. The number of carboxylic acids is 3. The van der Waals surface area contributed by atoms with E-state index < -0.39 is 42.1 Å². The Morgan fingerprint density at radius 1 is 0.370 bits per heavy atom. The van der Waals surface area contributed by atoms with Crippen LogP contribution in [0.4, 0.5) is 22.7 Å². The summed E-state index contributed by atoms with van der Waals surface area (Å²) < 4.78 is 44.9. The van der Waals surface area contributed by atoms with Crippen molar-refractivity contribution in [1.29, 1.82) is 0 Å². The van der Waals surface area contributed by atoms with Crippen LogP contribution in [-0.2, 0) is 81.2 Å². The molecule has 100 heavy (non-hydrogen) atoms. The van der Waals surface area contributed by atoms with Crippen molar-refractivity contribution in [3.05, 3.63) is 97.1 Å². The number of carbonyl (C=O) groups excluding carboxylic acids is 9. The first-order valence-electron chi connectivity index (χ1n) is 29.2. The zero-order valence-electron chi connectivity index (χ0n) is 55.0. The van der Waals surface area contributed by atoms with Crippen LogP contribution in [0.2, 0.25) is 0 Å². The van der Waals surface area contributed by atoms with Crippen LogP contribution in [-0.4, -0.2) is 171 Å². The van der Waals surface area contributed by atoms with Gasteiger partial charge in [0.1, 0.15) is 41.8 Å². The van der Waals surface area contributed by atoms with Gasteiger partial charge in [-0.25, -0.2) is 28.8 Å². The Balaban J connectivity index is -0.000000168. The summed E-state index contributed by atoms with van der Waals surface area (Å²) in [6.07, 6.45) is 3.22. The average Bonchev–Trinajstić information content (AvgIpc) is 0.933. The van der Waals surface area contributed by atoms with E-state index in [2.05, 4.69) is 31.9 Å². The van der Waals surface area contributed by atoms with Crippen molar-refractivity contribution in [2.75, 3.05) is 100 Å². The van der Waals surface area contributed by atoms with Crippen LogP contribution >= 0.6 is 0 Å². The summed E-state index contributed by atoms with van der Waals surface area (Å²) in [4.78, 5) is 128. The van der Waals surface area contributed by atoms with Gasteiger partial charge < -0.3 is 89.9 Å². The second kappa shape index (κ2) is 64.6. The number of anilines is 4. The Bertz CT molecular complexity index is 2900. The number of hydrogen-bond acceptors (Lipinski definition) is 21. The zero-order chi connectivity index (χ0) is 71.3. The summed E-state index contributed by atoms with van der Waals surface area (Å²) in [7, 11) is 0. The van der Waals surface area contributed by atoms with Gasteiger partial charge in [-0.15, -0.1) is 0 Å². The lowest BCUT2D eigenvalue weighted by molar-refractivity contribution is -0.157. The molecule has 30 nitrogen and oxygen atoms in total. The molecule has 4 aromatic rings. The Labute approximate surface area is 590 Å². The first kappa shape index (κ1) is 106. The number of carbonyl (C=O) groups is 12. The van der Waals surface area contributed by atoms with Gasteiger partial charge in [-0.2, -0.15) is 0 Å². The fraction of sp³-hybridized carbons (Fsp3) is 0.486. The fourth-order valence-electron chi connectivity index (χ4n) is 6.09. The lowest BCUT2D eigenvalue weighted by atomic mass is 10.2. The highest BCUT2D eigenvalue weighted by atomic mass is 16.6. The van der Waals surface area contributed by atoms with Crippen LogP contribution < -0.4 is 50.8 Å². The molecule has 0 aliphatic rings. The lowest BCUT2D eigenvalue weighted by Crippen LogP contribution is -2.27. The molecule has 0 aliphatic heterocycles. The molecule has 0 unspecified atom stereocenters. The molecule has 0 atom stereocenters. The molecule has 0 saturated heterocycles. The Kier molecular flexibility index (Phi) is 68.3. The molecule has 0 saturated carbocycles. The van der Waals surface area contributed by atoms with Crippen LogP contribution in [0.15, 0.2) is 97.1 Å². The van der Waals surface area contributed by atoms with Gasteiger partial charge in [0.25, 0.3) is 0 Å². The minimum atomic E-state index is -1.04. The molecule has 0 fully saturated rings. The van der Waals surface area contributed by atoms with Gasteiger partial charge in [-0.3, -0.25) is 28.8 Å². The largest absolute Gasteiger partial charge is 0.482 e. The molecule has 0 aliphatic carbocycles. The topological polar surface area (TPSA) is 421 Å². The third-order valence-electron chi connectivity index (χ3n) is 9.73. The van der Waals surface area contributed by atoms with Gasteiger partial charge in [0.2, 0.25) is 35.4 Å². The van der Waals surface area contributed by atoms with Gasteiger partial charge in [0.15, 0.2) is 26.4 Å². The Morgan fingerprint density at radius 3 is 1.05 bits per heavy atom. The maximum absolute atomic E-state index is 11.4. The van der Waals surface area contributed by atoms with Crippen LogP contribution in [0.25, 0.3) is 0 Å². The van der Waals surface area contributed by atoms with Crippen LogP contribution in [0.1, 0.15) is 146 Å². The number of esters is 3. The van der Waals surface area contributed by atoms with Crippen molar-refractivity contribution >= 4 is 94.0 Å². The number of nitrogens with one attached hydrogen (secondary N) is 6. The fourth-order valence-corrected chi connectivity index (χ4v) is 6.09. The van der Waals surface area contributed by atoms with Crippen molar-refractivity contribution in [2.45, 2.75) is 152 Å². The van der Waals surface area contributed by atoms with E-state index in [-0.39, 0.29) is 119 Å². The van der Waals surface area contributed by atoms with Crippen molar-refractivity contribution in [3.8, 4) is 23.0 Å². The molecule has 0 aromatic heterocycles. The number of carboxylic acid groups (broad SMARTS) is 3. The summed E-state index contributed by atoms with van der Waals surface area (Å²) in [5.74, 6) is -3.01. The minimum Gasteiger partial charge on any atom is -0.482 e. The van der Waals surface area contributed by atoms with Gasteiger partial charge in [-0.05, 0) is 132 Å². The summed E-state index contributed by atoms with van der Waals surface area (Å²) in [6, 6.07) is 26.5. The summed E-state index contributed by atoms with van der Waals surface area (Å²) in [5.41, 5.74) is 2.06. The molecule has 4 aromatic carbocycles. The number of ether oxygens (including phenoxy) is 9. The van der Waals surface area contributed by atoms with Gasteiger partial charge in [-0.1, -0.05) is 64.0 Å². The Hall–Kier alpha value is -10.4. The number of benzene rings is 4. The maximum Gasteiger partial charge on any atom is 0.344 e. The van der Waals surface area contributed by atoms with E-state index in [0.29, 0.717) is 98.1 Å². The summed E-state index contributed by atoms with van der Waals surface area (Å²) in [6.45, 7) is 19.1. The molecule has 568 valence electrons. The van der Waals surface area contributed by atoms with Crippen molar-refractivity contribution in [3.63, 3.8) is 0 Å². The molecule has 0 spiro atoms. The highest BCUT2D eigenvalue weighted by molar-refractivity contribution is 5.90. The van der Waals surface area contributed by atoms with Gasteiger partial charge in [0.05, 0.1) is 13.2 Å². The van der Waals surface area contributed by atoms with E-state index in [1.165, 1.54) is 41.5 Å². The highest BCUT2D eigenvalue weighted by Crippen LogP contribution is 2.19. The van der Waals surface area contributed by atoms with E-state index in [9.17, 15) is 57.5 Å². The van der Waals surface area contributed by atoms with Crippen LogP contribution in [0, 0.1) is 0 Å². The quantitative estimate of drug-likeness (QED) is 0.0125.